The van der Waals surface area contributed by atoms with Crippen LogP contribution < -0.4 is 0 Å². The van der Waals surface area contributed by atoms with E-state index < -0.39 is 0 Å². The number of hydrogen-bond donors (Lipinski definition) is 1. The summed E-state index contributed by atoms with van der Waals surface area (Å²) in [4.78, 5) is 0. The highest BCUT2D eigenvalue weighted by atomic mass is 19.1. The summed E-state index contributed by atoms with van der Waals surface area (Å²) >= 11 is 0. The Morgan fingerprint density at radius 2 is 1.90 bits per heavy atom. The molecule has 108 valence electrons. The number of ether oxygens (including phenoxy) is 1. The first kappa shape index (κ1) is 13.0. The summed E-state index contributed by atoms with van der Waals surface area (Å²) in [6, 6.07) is 13.3. The van der Waals surface area contributed by atoms with Crippen LogP contribution in [0.5, 0.6) is 0 Å². The van der Waals surface area contributed by atoms with E-state index in [0.717, 1.165) is 24.0 Å². The molecule has 0 spiro atoms. The number of aliphatic hydroxyl groups is 1. The van der Waals surface area contributed by atoms with Crippen molar-refractivity contribution in [3.63, 3.8) is 0 Å². The second-order valence-corrected chi connectivity index (χ2v) is 5.92. The van der Waals surface area contributed by atoms with Crippen LogP contribution in [-0.4, -0.2) is 17.8 Å². The van der Waals surface area contributed by atoms with Gasteiger partial charge in [-0.2, -0.15) is 0 Å². The number of aliphatic hydroxyl groups excluding tert-OH is 1. The molecule has 4 rings (SSSR count). The lowest BCUT2D eigenvalue weighted by atomic mass is 9.87. The highest BCUT2D eigenvalue weighted by Crippen LogP contribution is 2.49. The molecule has 0 bridgehead atoms. The zero-order chi connectivity index (χ0) is 14.4. The van der Waals surface area contributed by atoms with E-state index in [1.54, 1.807) is 6.07 Å². The minimum atomic E-state index is -0.227. The molecule has 1 N–H and O–H groups in total. The van der Waals surface area contributed by atoms with Gasteiger partial charge >= 0.3 is 0 Å². The van der Waals surface area contributed by atoms with Crippen molar-refractivity contribution in [1.82, 2.24) is 0 Å². The molecule has 2 nitrogen and oxygen atoms in total. The molecule has 0 unspecified atom stereocenters. The van der Waals surface area contributed by atoms with Gasteiger partial charge in [0.2, 0.25) is 0 Å². The molecule has 0 aromatic heterocycles. The maximum absolute atomic E-state index is 13.7. The fourth-order valence-corrected chi connectivity index (χ4v) is 3.72. The summed E-state index contributed by atoms with van der Waals surface area (Å²) in [5, 5.41) is 9.43. The summed E-state index contributed by atoms with van der Waals surface area (Å²) in [6.07, 6.45) is 1.28. The largest absolute Gasteiger partial charge is 0.394 e. The van der Waals surface area contributed by atoms with Crippen molar-refractivity contribution in [2.24, 2.45) is 0 Å². The van der Waals surface area contributed by atoms with Gasteiger partial charge in [-0.3, -0.25) is 0 Å². The molecule has 2 aliphatic rings. The molecular weight excluding hydrogens is 267 g/mol. The first-order chi connectivity index (χ1) is 10.3. The fourth-order valence-electron chi connectivity index (χ4n) is 3.72. The van der Waals surface area contributed by atoms with Crippen LogP contribution >= 0.6 is 0 Å². The Morgan fingerprint density at radius 1 is 1.10 bits per heavy atom. The summed E-state index contributed by atoms with van der Waals surface area (Å²) in [5.41, 5.74) is 4.61. The van der Waals surface area contributed by atoms with Gasteiger partial charge in [-0.25, -0.2) is 4.39 Å². The average Bonchev–Trinajstić information content (AvgIpc) is 2.89. The first-order valence-electron chi connectivity index (χ1n) is 7.38. The van der Waals surface area contributed by atoms with Crippen LogP contribution in [0.4, 0.5) is 4.39 Å². The van der Waals surface area contributed by atoms with E-state index in [1.165, 1.54) is 17.2 Å². The first-order valence-corrected chi connectivity index (χ1v) is 7.38. The zero-order valence-electron chi connectivity index (χ0n) is 11.6. The Balaban J connectivity index is 1.90. The predicted molar refractivity (Wildman–Crippen MR) is 77.7 cm³/mol. The molecule has 2 aromatic rings. The molecule has 2 aromatic carbocycles. The van der Waals surface area contributed by atoms with Crippen molar-refractivity contribution in [2.45, 2.75) is 31.0 Å². The minimum absolute atomic E-state index is 0.0137. The summed E-state index contributed by atoms with van der Waals surface area (Å²) in [6.45, 7) is 0.0137. The number of rotatable bonds is 1. The molecule has 1 fully saturated rings. The van der Waals surface area contributed by atoms with Gasteiger partial charge in [0.1, 0.15) is 5.82 Å². The van der Waals surface area contributed by atoms with Gasteiger partial charge in [0.15, 0.2) is 0 Å². The molecule has 0 radical (unpaired) electrons. The maximum Gasteiger partial charge on any atom is 0.123 e. The van der Waals surface area contributed by atoms with E-state index in [-0.39, 0.29) is 30.5 Å². The van der Waals surface area contributed by atoms with Crippen molar-refractivity contribution < 1.29 is 14.2 Å². The topological polar surface area (TPSA) is 29.5 Å². The molecule has 21 heavy (non-hydrogen) atoms. The quantitative estimate of drug-likeness (QED) is 0.870. The van der Waals surface area contributed by atoms with E-state index >= 15 is 0 Å². The van der Waals surface area contributed by atoms with Crippen molar-refractivity contribution in [3.8, 4) is 0 Å². The third kappa shape index (κ3) is 2.08. The second-order valence-electron chi connectivity index (χ2n) is 5.92. The van der Waals surface area contributed by atoms with Gasteiger partial charge in [-0.05, 0) is 47.2 Å². The third-order valence-corrected chi connectivity index (χ3v) is 4.67. The second kappa shape index (κ2) is 4.93. The van der Waals surface area contributed by atoms with E-state index in [1.807, 2.05) is 18.2 Å². The van der Waals surface area contributed by atoms with Crippen LogP contribution in [0.25, 0.3) is 0 Å². The lowest BCUT2D eigenvalue weighted by Crippen LogP contribution is -2.11. The molecule has 1 saturated heterocycles. The van der Waals surface area contributed by atoms with E-state index in [2.05, 4.69) is 12.1 Å². The standard InChI is InChI=1S/C18H17FO2/c19-13-6-5-12-7-11-3-1-2-4-15(11)17-9-14(10-20)21-18(17)16(12)8-13/h1-6,8,14,17-18,20H,7,9-10H2/t14-,17+,18+/m0/s1. The fraction of sp³-hybridized carbons (Fsp3) is 0.333. The van der Waals surface area contributed by atoms with Gasteiger partial charge in [0.05, 0.1) is 18.8 Å². The number of fused-ring (bicyclic) bond motifs is 5. The average molecular weight is 284 g/mol. The monoisotopic (exact) mass is 284 g/mol. The van der Waals surface area contributed by atoms with Crippen LogP contribution in [-0.2, 0) is 11.2 Å². The summed E-state index contributed by atoms with van der Waals surface area (Å²) in [7, 11) is 0. The van der Waals surface area contributed by atoms with Gasteiger partial charge < -0.3 is 9.84 Å². The van der Waals surface area contributed by atoms with Crippen molar-refractivity contribution in [3.05, 3.63) is 70.5 Å². The van der Waals surface area contributed by atoms with Crippen LogP contribution in [0.2, 0.25) is 0 Å². The molecule has 1 aliphatic heterocycles. The summed E-state index contributed by atoms with van der Waals surface area (Å²) < 4.78 is 19.7. The molecule has 1 aliphatic carbocycles. The van der Waals surface area contributed by atoms with Gasteiger partial charge in [-0.1, -0.05) is 30.3 Å². The molecule has 3 heteroatoms. The Hall–Kier alpha value is -1.71. The van der Waals surface area contributed by atoms with Crippen molar-refractivity contribution in [1.29, 1.82) is 0 Å². The molecule has 1 heterocycles. The summed E-state index contributed by atoms with van der Waals surface area (Å²) in [5.74, 6) is -0.0316. The highest BCUT2D eigenvalue weighted by Gasteiger charge is 2.40. The van der Waals surface area contributed by atoms with Crippen molar-refractivity contribution in [2.75, 3.05) is 6.61 Å². The number of hydrogen-bond acceptors (Lipinski definition) is 2. The highest BCUT2D eigenvalue weighted by molar-refractivity contribution is 5.45. The SMILES string of the molecule is OC[C@@H]1C[C@@H]2c3ccccc3Cc3ccc(F)cc3[C@H]2O1. The molecule has 0 amide bonds. The molecular formula is C18H17FO2. The predicted octanol–water partition coefficient (Wildman–Crippen LogP) is 3.34. The van der Waals surface area contributed by atoms with Crippen LogP contribution in [0.3, 0.4) is 0 Å². The number of halogens is 1. The Kier molecular flexibility index (Phi) is 3.05. The van der Waals surface area contributed by atoms with E-state index in [0.29, 0.717) is 0 Å². The van der Waals surface area contributed by atoms with Gasteiger partial charge in [0, 0.05) is 5.92 Å². The zero-order valence-corrected chi connectivity index (χ0v) is 11.6. The minimum Gasteiger partial charge on any atom is -0.394 e. The lowest BCUT2D eigenvalue weighted by Gasteiger charge is -2.19. The van der Waals surface area contributed by atoms with Gasteiger partial charge in [0.25, 0.3) is 0 Å². The van der Waals surface area contributed by atoms with Crippen LogP contribution in [0, 0.1) is 5.82 Å². The van der Waals surface area contributed by atoms with Crippen LogP contribution in [0.15, 0.2) is 42.5 Å². The van der Waals surface area contributed by atoms with Crippen molar-refractivity contribution >= 4 is 0 Å². The Bertz CT molecular complexity index is 683. The lowest BCUT2D eigenvalue weighted by molar-refractivity contribution is 0.00829. The smallest absolute Gasteiger partial charge is 0.123 e. The van der Waals surface area contributed by atoms with Crippen LogP contribution in [0.1, 0.15) is 40.7 Å². The normalized spacial score (nSPS) is 26.7. The number of benzene rings is 2. The van der Waals surface area contributed by atoms with E-state index in [9.17, 15) is 9.50 Å². The Morgan fingerprint density at radius 3 is 2.76 bits per heavy atom. The Labute approximate surface area is 123 Å². The van der Waals surface area contributed by atoms with Gasteiger partial charge in [-0.15, -0.1) is 0 Å². The molecule has 3 atom stereocenters. The molecule has 0 saturated carbocycles. The third-order valence-electron chi connectivity index (χ3n) is 4.67. The van der Waals surface area contributed by atoms with E-state index in [4.69, 9.17) is 4.74 Å². The maximum atomic E-state index is 13.7.